The first kappa shape index (κ1) is 11.1. The molecule has 1 aliphatic rings. The lowest BCUT2D eigenvalue weighted by Gasteiger charge is -2.04. The molecule has 0 bridgehead atoms. The number of nitrogen functional groups attached to an aromatic ring is 1. The SMILES string of the molecule is NNC(=O)c1ccc(COCC2CC2)cc1. The van der Waals surface area contributed by atoms with Crippen LogP contribution in [0.25, 0.3) is 0 Å². The minimum Gasteiger partial charge on any atom is -0.376 e. The highest BCUT2D eigenvalue weighted by atomic mass is 16.5. The Balaban J connectivity index is 1.83. The quantitative estimate of drug-likeness (QED) is 0.445. The van der Waals surface area contributed by atoms with Gasteiger partial charge < -0.3 is 4.74 Å². The molecule has 1 fully saturated rings. The molecule has 0 atom stereocenters. The summed E-state index contributed by atoms with van der Waals surface area (Å²) >= 11 is 0. The van der Waals surface area contributed by atoms with E-state index in [4.69, 9.17) is 10.6 Å². The minimum absolute atomic E-state index is 0.273. The summed E-state index contributed by atoms with van der Waals surface area (Å²) in [5.74, 6) is 5.55. The molecule has 1 saturated carbocycles. The van der Waals surface area contributed by atoms with E-state index in [9.17, 15) is 4.79 Å². The Morgan fingerprint density at radius 3 is 2.62 bits per heavy atom. The number of hydrogen-bond donors (Lipinski definition) is 2. The standard InChI is InChI=1S/C12H16N2O2/c13-14-12(15)11-5-3-10(4-6-11)8-16-7-9-1-2-9/h3-6,9H,1-2,7-8,13H2,(H,14,15). The maximum absolute atomic E-state index is 11.2. The van der Waals surface area contributed by atoms with Crippen molar-refractivity contribution in [2.45, 2.75) is 19.4 Å². The summed E-state index contributed by atoms with van der Waals surface area (Å²) in [6.07, 6.45) is 2.60. The fourth-order valence-electron chi connectivity index (χ4n) is 1.46. The fourth-order valence-corrected chi connectivity index (χ4v) is 1.46. The first-order valence-electron chi connectivity index (χ1n) is 5.47. The van der Waals surface area contributed by atoms with Crippen LogP contribution < -0.4 is 11.3 Å². The predicted octanol–water partition coefficient (Wildman–Crippen LogP) is 1.22. The van der Waals surface area contributed by atoms with Crippen LogP contribution >= 0.6 is 0 Å². The Kier molecular flexibility index (Phi) is 3.54. The molecule has 0 aliphatic heterocycles. The molecule has 4 heteroatoms. The van der Waals surface area contributed by atoms with Crippen molar-refractivity contribution in [3.8, 4) is 0 Å². The van der Waals surface area contributed by atoms with Gasteiger partial charge in [-0.2, -0.15) is 0 Å². The number of amides is 1. The first-order chi connectivity index (χ1) is 7.79. The maximum Gasteiger partial charge on any atom is 0.265 e. The molecule has 0 aromatic heterocycles. The summed E-state index contributed by atoms with van der Waals surface area (Å²) in [5, 5.41) is 0. The summed E-state index contributed by atoms with van der Waals surface area (Å²) in [6.45, 7) is 1.46. The molecule has 86 valence electrons. The van der Waals surface area contributed by atoms with Gasteiger partial charge in [-0.3, -0.25) is 10.2 Å². The molecule has 4 nitrogen and oxygen atoms in total. The number of carbonyl (C=O) groups is 1. The number of nitrogens with two attached hydrogens (primary N) is 1. The molecule has 0 heterocycles. The molecule has 0 saturated heterocycles. The monoisotopic (exact) mass is 220 g/mol. The third kappa shape index (κ3) is 3.05. The number of rotatable bonds is 5. The molecule has 2 rings (SSSR count). The van der Waals surface area contributed by atoms with Gasteiger partial charge in [0.25, 0.3) is 5.91 Å². The van der Waals surface area contributed by atoms with Crippen molar-refractivity contribution in [2.75, 3.05) is 6.61 Å². The van der Waals surface area contributed by atoms with Crippen LogP contribution in [0.2, 0.25) is 0 Å². The van der Waals surface area contributed by atoms with Crippen LogP contribution in [0.5, 0.6) is 0 Å². The van der Waals surface area contributed by atoms with Crippen LogP contribution in [0.4, 0.5) is 0 Å². The summed E-state index contributed by atoms with van der Waals surface area (Å²) in [4.78, 5) is 11.2. The van der Waals surface area contributed by atoms with E-state index in [0.29, 0.717) is 12.2 Å². The second-order valence-electron chi connectivity index (χ2n) is 4.13. The van der Waals surface area contributed by atoms with E-state index in [1.807, 2.05) is 12.1 Å². The van der Waals surface area contributed by atoms with Crippen LogP contribution in [0.1, 0.15) is 28.8 Å². The molecular formula is C12H16N2O2. The fraction of sp³-hybridized carbons (Fsp3) is 0.417. The lowest BCUT2D eigenvalue weighted by atomic mass is 10.1. The first-order valence-corrected chi connectivity index (χ1v) is 5.47. The van der Waals surface area contributed by atoms with Crippen molar-refractivity contribution in [1.29, 1.82) is 0 Å². The van der Waals surface area contributed by atoms with E-state index in [1.165, 1.54) is 12.8 Å². The van der Waals surface area contributed by atoms with E-state index in [0.717, 1.165) is 18.1 Å². The molecule has 1 aromatic carbocycles. The van der Waals surface area contributed by atoms with Crippen molar-refractivity contribution in [3.63, 3.8) is 0 Å². The van der Waals surface area contributed by atoms with Gasteiger partial charge in [0.05, 0.1) is 6.61 Å². The number of ether oxygens (including phenoxy) is 1. The molecule has 0 unspecified atom stereocenters. The van der Waals surface area contributed by atoms with Crippen molar-refractivity contribution >= 4 is 5.91 Å². The van der Waals surface area contributed by atoms with E-state index < -0.39 is 0 Å². The molecule has 0 spiro atoms. The Morgan fingerprint density at radius 1 is 1.38 bits per heavy atom. The lowest BCUT2D eigenvalue weighted by molar-refractivity contribution is 0.0953. The van der Waals surface area contributed by atoms with Crippen LogP contribution in [0, 0.1) is 5.92 Å². The summed E-state index contributed by atoms with van der Waals surface area (Å²) in [5.41, 5.74) is 3.74. The van der Waals surface area contributed by atoms with Gasteiger partial charge in [-0.1, -0.05) is 12.1 Å². The molecule has 1 aromatic rings. The highest BCUT2D eigenvalue weighted by Gasteiger charge is 2.20. The normalized spacial score (nSPS) is 14.8. The largest absolute Gasteiger partial charge is 0.376 e. The van der Waals surface area contributed by atoms with Gasteiger partial charge in [-0.15, -0.1) is 0 Å². The highest BCUT2D eigenvalue weighted by molar-refractivity contribution is 5.93. The average molecular weight is 220 g/mol. The van der Waals surface area contributed by atoms with Gasteiger partial charge in [-0.25, -0.2) is 5.84 Å². The lowest BCUT2D eigenvalue weighted by Crippen LogP contribution is -2.29. The number of benzene rings is 1. The van der Waals surface area contributed by atoms with Crippen LogP contribution in [-0.4, -0.2) is 12.5 Å². The third-order valence-electron chi connectivity index (χ3n) is 2.67. The summed E-state index contributed by atoms with van der Waals surface area (Å²) in [7, 11) is 0. The molecule has 0 radical (unpaired) electrons. The number of hydrogen-bond acceptors (Lipinski definition) is 3. The minimum atomic E-state index is -0.273. The van der Waals surface area contributed by atoms with Crippen LogP contribution in [-0.2, 0) is 11.3 Å². The van der Waals surface area contributed by atoms with Crippen LogP contribution in [0.15, 0.2) is 24.3 Å². The smallest absolute Gasteiger partial charge is 0.265 e. The van der Waals surface area contributed by atoms with E-state index >= 15 is 0 Å². The Morgan fingerprint density at radius 2 is 2.06 bits per heavy atom. The van der Waals surface area contributed by atoms with Gasteiger partial charge in [0.15, 0.2) is 0 Å². The van der Waals surface area contributed by atoms with E-state index in [2.05, 4.69) is 5.43 Å². The molecule has 16 heavy (non-hydrogen) atoms. The topological polar surface area (TPSA) is 64.3 Å². The average Bonchev–Trinajstić information content (AvgIpc) is 3.13. The Bertz CT molecular complexity index is 358. The van der Waals surface area contributed by atoms with Crippen molar-refractivity contribution in [1.82, 2.24) is 5.43 Å². The second kappa shape index (κ2) is 5.09. The van der Waals surface area contributed by atoms with E-state index in [1.54, 1.807) is 12.1 Å². The zero-order chi connectivity index (χ0) is 11.4. The second-order valence-corrected chi connectivity index (χ2v) is 4.13. The number of hydrazine groups is 1. The zero-order valence-corrected chi connectivity index (χ0v) is 9.11. The number of carbonyl (C=O) groups excluding carboxylic acids is 1. The van der Waals surface area contributed by atoms with Crippen LogP contribution in [0.3, 0.4) is 0 Å². The Hall–Kier alpha value is -1.39. The molecule has 3 N–H and O–H groups in total. The molecule has 1 aliphatic carbocycles. The van der Waals surface area contributed by atoms with Crippen molar-refractivity contribution in [3.05, 3.63) is 35.4 Å². The zero-order valence-electron chi connectivity index (χ0n) is 9.11. The predicted molar refractivity (Wildman–Crippen MR) is 60.5 cm³/mol. The van der Waals surface area contributed by atoms with Gasteiger partial charge >= 0.3 is 0 Å². The van der Waals surface area contributed by atoms with Crippen molar-refractivity contribution in [2.24, 2.45) is 11.8 Å². The number of nitrogens with one attached hydrogen (secondary N) is 1. The highest BCUT2D eigenvalue weighted by Crippen LogP contribution is 2.29. The third-order valence-corrected chi connectivity index (χ3v) is 2.67. The van der Waals surface area contributed by atoms with E-state index in [-0.39, 0.29) is 5.91 Å². The van der Waals surface area contributed by atoms with Crippen molar-refractivity contribution < 1.29 is 9.53 Å². The Labute approximate surface area is 94.8 Å². The summed E-state index contributed by atoms with van der Waals surface area (Å²) < 4.78 is 5.55. The molecular weight excluding hydrogens is 204 g/mol. The van der Waals surface area contributed by atoms with Gasteiger partial charge in [-0.05, 0) is 36.5 Å². The molecule has 1 amide bonds. The summed E-state index contributed by atoms with van der Waals surface area (Å²) in [6, 6.07) is 7.27. The van der Waals surface area contributed by atoms with Gasteiger partial charge in [0.2, 0.25) is 0 Å². The van der Waals surface area contributed by atoms with Gasteiger partial charge in [0.1, 0.15) is 0 Å². The maximum atomic E-state index is 11.2. The van der Waals surface area contributed by atoms with Gasteiger partial charge in [0, 0.05) is 12.2 Å².